The van der Waals surface area contributed by atoms with E-state index in [4.69, 9.17) is 21.9 Å². The molecular weight excluding hydrogens is 250 g/mol. The molecule has 0 radical (unpaired) electrons. The zero-order valence-corrected chi connectivity index (χ0v) is 11.4. The molecule has 2 N–H and O–H groups in total. The zero-order chi connectivity index (χ0) is 13.3. The van der Waals surface area contributed by atoms with Crippen LogP contribution in [0.5, 0.6) is 0 Å². The fraction of sp³-hybridized carbons (Fsp3) is 0.385. The van der Waals surface area contributed by atoms with Crippen LogP contribution >= 0.6 is 11.6 Å². The molecule has 18 heavy (non-hydrogen) atoms. The number of hydrogen-bond donors (Lipinski definition) is 1. The van der Waals surface area contributed by atoms with Crippen LogP contribution in [0.2, 0.25) is 5.02 Å². The Labute approximate surface area is 111 Å². The molecule has 0 bridgehead atoms. The summed E-state index contributed by atoms with van der Waals surface area (Å²) in [6.45, 7) is 5.96. The molecule has 0 amide bonds. The van der Waals surface area contributed by atoms with Gasteiger partial charge in [-0.1, -0.05) is 42.7 Å². The predicted molar refractivity (Wildman–Crippen MR) is 71.2 cm³/mol. The minimum absolute atomic E-state index is 0.230. The molecule has 1 heterocycles. The van der Waals surface area contributed by atoms with Crippen molar-refractivity contribution in [2.75, 3.05) is 0 Å². The molecule has 2 rings (SSSR count). The highest BCUT2D eigenvalue weighted by atomic mass is 35.5. The minimum Gasteiger partial charge on any atom is -0.334 e. The van der Waals surface area contributed by atoms with Crippen molar-refractivity contribution in [3.05, 3.63) is 34.6 Å². The largest absolute Gasteiger partial charge is 0.334 e. The Kier molecular flexibility index (Phi) is 3.68. The number of aryl methyl sites for hydroxylation is 1. The quantitative estimate of drug-likeness (QED) is 0.924. The monoisotopic (exact) mass is 265 g/mol. The van der Waals surface area contributed by atoms with E-state index in [1.54, 1.807) is 0 Å². The molecular formula is C13H16ClN3O. The molecule has 5 heteroatoms. The van der Waals surface area contributed by atoms with Gasteiger partial charge in [0.05, 0.1) is 16.6 Å². The summed E-state index contributed by atoms with van der Waals surface area (Å²) in [5.41, 5.74) is 7.70. The van der Waals surface area contributed by atoms with Crippen LogP contribution < -0.4 is 5.73 Å². The summed E-state index contributed by atoms with van der Waals surface area (Å²) in [5, 5.41) is 4.55. The van der Waals surface area contributed by atoms with E-state index in [0.29, 0.717) is 16.7 Å². The molecule has 0 aliphatic heterocycles. The van der Waals surface area contributed by atoms with Crippen molar-refractivity contribution in [1.82, 2.24) is 10.1 Å². The lowest BCUT2D eigenvalue weighted by atomic mass is 10.1. The maximum Gasteiger partial charge on any atom is 0.259 e. The van der Waals surface area contributed by atoms with E-state index < -0.39 is 0 Å². The van der Waals surface area contributed by atoms with Crippen molar-refractivity contribution in [1.29, 1.82) is 0 Å². The van der Waals surface area contributed by atoms with Crippen LogP contribution in [0.3, 0.4) is 0 Å². The molecule has 0 saturated carbocycles. The van der Waals surface area contributed by atoms with Gasteiger partial charge >= 0.3 is 0 Å². The summed E-state index contributed by atoms with van der Waals surface area (Å²) in [6.07, 6.45) is 0. The second kappa shape index (κ2) is 5.08. The Morgan fingerprint density at radius 1 is 1.33 bits per heavy atom. The molecule has 4 nitrogen and oxygen atoms in total. The van der Waals surface area contributed by atoms with E-state index in [1.165, 1.54) is 0 Å². The highest BCUT2D eigenvalue weighted by Gasteiger charge is 2.19. The summed E-state index contributed by atoms with van der Waals surface area (Å²) in [7, 11) is 0. The van der Waals surface area contributed by atoms with E-state index >= 15 is 0 Å². The van der Waals surface area contributed by atoms with Gasteiger partial charge in [-0.2, -0.15) is 4.98 Å². The van der Waals surface area contributed by atoms with Crippen LogP contribution in [0.15, 0.2) is 22.7 Å². The highest BCUT2D eigenvalue weighted by Crippen LogP contribution is 2.30. The topological polar surface area (TPSA) is 64.9 Å². The number of halogens is 1. The van der Waals surface area contributed by atoms with Gasteiger partial charge in [-0.25, -0.2) is 0 Å². The molecule has 0 aliphatic rings. The molecule has 0 fully saturated rings. The first-order chi connectivity index (χ1) is 8.50. The van der Waals surface area contributed by atoms with Gasteiger partial charge in [-0.05, 0) is 24.5 Å². The SMILES string of the molecule is Cc1cccc(-c2nc(C(N)C(C)C)no2)c1Cl. The second-order valence-electron chi connectivity index (χ2n) is 4.66. The normalized spacial score (nSPS) is 13.0. The van der Waals surface area contributed by atoms with Crippen LogP contribution in [0.4, 0.5) is 0 Å². The first kappa shape index (κ1) is 13.1. The lowest BCUT2D eigenvalue weighted by molar-refractivity contribution is 0.400. The Morgan fingerprint density at radius 2 is 2.06 bits per heavy atom. The minimum atomic E-state index is -0.230. The van der Waals surface area contributed by atoms with Crippen molar-refractivity contribution in [2.45, 2.75) is 26.8 Å². The Balaban J connectivity index is 2.38. The van der Waals surface area contributed by atoms with E-state index in [9.17, 15) is 0 Å². The number of hydrogen-bond acceptors (Lipinski definition) is 4. The van der Waals surface area contributed by atoms with Crippen molar-refractivity contribution < 1.29 is 4.52 Å². The van der Waals surface area contributed by atoms with Gasteiger partial charge in [0.1, 0.15) is 0 Å². The number of benzene rings is 1. The number of rotatable bonds is 3. The summed E-state index contributed by atoms with van der Waals surface area (Å²) < 4.78 is 5.23. The third kappa shape index (κ3) is 2.40. The molecule has 2 aromatic rings. The van der Waals surface area contributed by atoms with Gasteiger partial charge in [0, 0.05) is 0 Å². The summed E-state index contributed by atoms with van der Waals surface area (Å²) in [4.78, 5) is 4.32. The first-order valence-corrected chi connectivity index (χ1v) is 6.23. The zero-order valence-electron chi connectivity index (χ0n) is 10.6. The summed E-state index contributed by atoms with van der Waals surface area (Å²) >= 11 is 6.22. The van der Waals surface area contributed by atoms with Crippen molar-refractivity contribution in [3.63, 3.8) is 0 Å². The van der Waals surface area contributed by atoms with Gasteiger partial charge in [-0.15, -0.1) is 0 Å². The van der Waals surface area contributed by atoms with E-state index in [-0.39, 0.29) is 12.0 Å². The third-order valence-electron chi connectivity index (χ3n) is 2.88. The molecule has 0 spiro atoms. The third-order valence-corrected chi connectivity index (χ3v) is 3.38. The van der Waals surface area contributed by atoms with Crippen LogP contribution in [-0.4, -0.2) is 10.1 Å². The fourth-order valence-electron chi connectivity index (χ4n) is 1.59. The Bertz CT molecular complexity index is 551. The van der Waals surface area contributed by atoms with Gasteiger partial charge in [0.25, 0.3) is 5.89 Å². The Morgan fingerprint density at radius 3 is 2.72 bits per heavy atom. The number of nitrogens with zero attached hydrogens (tertiary/aromatic N) is 2. The maximum atomic E-state index is 6.22. The molecule has 0 saturated heterocycles. The van der Waals surface area contributed by atoms with Gasteiger partial charge in [-0.3, -0.25) is 0 Å². The van der Waals surface area contributed by atoms with Gasteiger partial charge in [0.15, 0.2) is 5.82 Å². The van der Waals surface area contributed by atoms with Crippen molar-refractivity contribution in [3.8, 4) is 11.5 Å². The summed E-state index contributed by atoms with van der Waals surface area (Å²) in [5.74, 6) is 1.18. The molecule has 1 unspecified atom stereocenters. The average Bonchev–Trinajstić information content (AvgIpc) is 2.80. The van der Waals surface area contributed by atoms with Gasteiger partial charge < -0.3 is 10.3 Å². The standard InChI is InChI=1S/C13H16ClN3O/c1-7(2)11(15)12-16-13(18-17-12)9-6-4-5-8(3)10(9)14/h4-7,11H,15H2,1-3H3. The van der Waals surface area contributed by atoms with Crippen molar-refractivity contribution >= 4 is 11.6 Å². The van der Waals surface area contributed by atoms with Crippen LogP contribution in [-0.2, 0) is 0 Å². The van der Waals surface area contributed by atoms with E-state index in [2.05, 4.69) is 10.1 Å². The van der Waals surface area contributed by atoms with E-state index in [0.717, 1.165) is 11.1 Å². The molecule has 1 aromatic carbocycles. The van der Waals surface area contributed by atoms with Crippen molar-refractivity contribution in [2.24, 2.45) is 11.7 Å². The molecule has 1 atom stereocenters. The first-order valence-electron chi connectivity index (χ1n) is 5.85. The van der Waals surface area contributed by atoms with Crippen LogP contribution in [0.1, 0.15) is 31.3 Å². The maximum absolute atomic E-state index is 6.22. The number of aromatic nitrogens is 2. The van der Waals surface area contributed by atoms with Gasteiger partial charge in [0.2, 0.25) is 0 Å². The molecule has 0 aliphatic carbocycles. The lowest BCUT2D eigenvalue weighted by Crippen LogP contribution is -2.18. The van der Waals surface area contributed by atoms with E-state index in [1.807, 2.05) is 39.0 Å². The average molecular weight is 266 g/mol. The lowest BCUT2D eigenvalue weighted by Gasteiger charge is -2.09. The van der Waals surface area contributed by atoms with Crippen LogP contribution in [0, 0.1) is 12.8 Å². The number of nitrogens with two attached hydrogens (primary N) is 1. The highest BCUT2D eigenvalue weighted by molar-refractivity contribution is 6.33. The van der Waals surface area contributed by atoms with Crippen LogP contribution in [0.25, 0.3) is 11.5 Å². The summed E-state index contributed by atoms with van der Waals surface area (Å²) in [6, 6.07) is 5.46. The fourth-order valence-corrected chi connectivity index (χ4v) is 1.80. The molecule has 1 aromatic heterocycles. The second-order valence-corrected chi connectivity index (χ2v) is 5.04. The smallest absolute Gasteiger partial charge is 0.259 e. The predicted octanol–water partition coefficient (Wildman–Crippen LogP) is 3.35. The Hall–Kier alpha value is -1.39. The molecule has 96 valence electrons.